The number of carbonyl (C=O) groups excluding carboxylic acids is 1. The van der Waals surface area contributed by atoms with E-state index in [9.17, 15) is 18.5 Å². The first-order valence-corrected chi connectivity index (χ1v) is 10.3. The molecule has 0 radical (unpaired) electrons. The van der Waals surface area contributed by atoms with Gasteiger partial charge in [-0.25, -0.2) is 13.6 Å². The van der Waals surface area contributed by atoms with Crippen LogP contribution in [0.4, 0.5) is 5.69 Å². The van der Waals surface area contributed by atoms with E-state index >= 15 is 0 Å². The molecule has 2 aromatic carbocycles. The van der Waals surface area contributed by atoms with Gasteiger partial charge in [0, 0.05) is 11.9 Å². The molecule has 2 rings (SSSR count). The third-order valence-corrected chi connectivity index (χ3v) is 5.12. The van der Waals surface area contributed by atoms with Crippen LogP contribution in [0.1, 0.15) is 18.5 Å². The number of amides is 1. The number of benzene rings is 2. The molecule has 0 heterocycles. The number of hydrogen-bond donors (Lipinski definition) is 3. The van der Waals surface area contributed by atoms with Crippen molar-refractivity contribution in [2.75, 3.05) is 19.5 Å². The molecule has 0 aliphatic carbocycles. The Bertz CT molecular complexity index is 1090. The van der Waals surface area contributed by atoms with E-state index in [1.807, 2.05) is 6.07 Å². The van der Waals surface area contributed by atoms with Crippen molar-refractivity contribution >= 4 is 21.6 Å². The molecule has 0 aliphatic heterocycles. The lowest BCUT2D eigenvalue weighted by molar-refractivity contribution is -0.117. The van der Waals surface area contributed by atoms with Crippen LogP contribution in [0, 0.1) is 11.3 Å². The molecule has 10 heteroatoms. The van der Waals surface area contributed by atoms with Crippen molar-refractivity contribution in [3.05, 3.63) is 59.8 Å². The van der Waals surface area contributed by atoms with Gasteiger partial charge in [0.2, 0.25) is 10.0 Å². The van der Waals surface area contributed by atoms with E-state index < -0.39 is 22.0 Å². The molecular formula is C20H22N4O5S. The van der Waals surface area contributed by atoms with Crippen LogP contribution in [0.5, 0.6) is 11.5 Å². The minimum Gasteiger partial charge on any atom is -0.493 e. The number of methoxy groups -OCH3 is 2. The van der Waals surface area contributed by atoms with Gasteiger partial charge in [-0.15, -0.1) is 0 Å². The molecule has 4 N–H and O–H groups in total. The monoisotopic (exact) mass is 430 g/mol. The first-order valence-electron chi connectivity index (χ1n) is 8.72. The van der Waals surface area contributed by atoms with E-state index in [0.29, 0.717) is 17.2 Å². The molecule has 0 fully saturated rings. The number of carbonyl (C=O) groups is 1. The molecule has 0 bridgehead atoms. The molecule has 0 aliphatic rings. The summed E-state index contributed by atoms with van der Waals surface area (Å²) in [5.41, 5.74) is 1.10. The van der Waals surface area contributed by atoms with Crippen LogP contribution in [0.2, 0.25) is 0 Å². The molecule has 9 nitrogen and oxygen atoms in total. The summed E-state index contributed by atoms with van der Waals surface area (Å²) in [7, 11) is -0.748. The largest absolute Gasteiger partial charge is 0.493 e. The van der Waals surface area contributed by atoms with Crippen LogP contribution in [-0.4, -0.2) is 28.5 Å². The fourth-order valence-electron chi connectivity index (χ4n) is 2.52. The second kappa shape index (κ2) is 9.78. The Morgan fingerprint density at radius 1 is 1.13 bits per heavy atom. The van der Waals surface area contributed by atoms with Crippen molar-refractivity contribution in [1.82, 2.24) is 5.32 Å². The average Bonchev–Trinajstić information content (AvgIpc) is 2.73. The molecule has 0 saturated carbocycles. The Hall–Kier alpha value is -3.55. The summed E-state index contributed by atoms with van der Waals surface area (Å²) >= 11 is 0. The van der Waals surface area contributed by atoms with Crippen LogP contribution in [0.15, 0.2) is 59.1 Å². The highest BCUT2D eigenvalue weighted by atomic mass is 32.2. The van der Waals surface area contributed by atoms with E-state index in [4.69, 9.17) is 14.6 Å². The lowest BCUT2D eigenvalue weighted by atomic mass is 10.1. The summed E-state index contributed by atoms with van der Waals surface area (Å²) in [5, 5.41) is 19.9. The first-order chi connectivity index (χ1) is 14.2. The number of hydrogen-bond acceptors (Lipinski definition) is 7. The van der Waals surface area contributed by atoms with Gasteiger partial charge < -0.3 is 20.1 Å². The lowest BCUT2D eigenvalue weighted by Crippen LogP contribution is -2.28. The fraction of sp³-hybridized carbons (Fsp3) is 0.200. The standard InChI is InChI=1S/C20H22N4O5S/c1-13(14-4-9-18(28-2)19(10-14)29-3)24-20(25)15(11-21)12-23-16-5-7-17(8-6-16)30(22,26)27/h4-10,12-13,23H,1-3H3,(H,24,25)(H2,22,26,27)/b15-12-. The van der Waals surface area contributed by atoms with Crippen molar-refractivity contribution < 1.29 is 22.7 Å². The minimum absolute atomic E-state index is 0.0426. The van der Waals surface area contributed by atoms with Gasteiger partial charge in [-0.1, -0.05) is 6.07 Å². The summed E-state index contributed by atoms with van der Waals surface area (Å²) in [6, 6.07) is 12.3. The minimum atomic E-state index is -3.79. The van der Waals surface area contributed by atoms with E-state index in [1.54, 1.807) is 25.1 Å². The van der Waals surface area contributed by atoms with E-state index in [0.717, 1.165) is 5.56 Å². The molecule has 1 unspecified atom stereocenters. The Labute approximate surface area is 175 Å². The number of rotatable bonds is 8. The van der Waals surface area contributed by atoms with Crippen LogP contribution in [0.3, 0.4) is 0 Å². The zero-order chi connectivity index (χ0) is 22.3. The average molecular weight is 430 g/mol. The van der Waals surface area contributed by atoms with Gasteiger partial charge in [0.25, 0.3) is 5.91 Å². The smallest absolute Gasteiger partial charge is 0.263 e. The van der Waals surface area contributed by atoms with Gasteiger partial charge in [-0.3, -0.25) is 4.79 Å². The summed E-state index contributed by atoms with van der Waals surface area (Å²) in [4.78, 5) is 12.4. The summed E-state index contributed by atoms with van der Waals surface area (Å²) < 4.78 is 33.0. The van der Waals surface area contributed by atoms with Gasteiger partial charge in [0.15, 0.2) is 11.5 Å². The van der Waals surface area contributed by atoms with Crippen molar-refractivity contribution in [2.45, 2.75) is 17.9 Å². The van der Waals surface area contributed by atoms with Crippen LogP contribution in [0.25, 0.3) is 0 Å². The highest BCUT2D eigenvalue weighted by Gasteiger charge is 2.16. The molecule has 1 atom stereocenters. The van der Waals surface area contributed by atoms with Gasteiger partial charge in [-0.2, -0.15) is 5.26 Å². The zero-order valence-corrected chi connectivity index (χ0v) is 17.5. The van der Waals surface area contributed by atoms with Crippen LogP contribution in [-0.2, 0) is 14.8 Å². The molecule has 1 amide bonds. The number of nitriles is 1. The van der Waals surface area contributed by atoms with Crippen molar-refractivity contribution in [1.29, 1.82) is 5.26 Å². The second-order valence-electron chi connectivity index (χ2n) is 6.19. The molecule has 0 spiro atoms. The van der Waals surface area contributed by atoms with Crippen molar-refractivity contribution in [2.24, 2.45) is 5.14 Å². The van der Waals surface area contributed by atoms with Crippen LogP contribution < -0.4 is 25.2 Å². The lowest BCUT2D eigenvalue weighted by Gasteiger charge is -2.16. The predicted molar refractivity (Wildman–Crippen MR) is 111 cm³/mol. The maximum absolute atomic E-state index is 12.4. The van der Waals surface area contributed by atoms with E-state index in [1.165, 1.54) is 44.7 Å². The fourth-order valence-corrected chi connectivity index (χ4v) is 3.04. The van der Waals surface area contributed by atoms with Gasteiger partial charge >= 0.3 is 0 Å². The molecule has 30 heavy (non-hydrogen) atoms. The highest BCUT2D eigenvalue weighted by molar-refractivity contribution is 7.89. The molecule has 158 valence electrons. The number of nitrogens with two attached hydrogens (primary N) is 1. The third kappa shape index (κ3) is 5.73. The Morgan fingerprint density at radius 2 is 1.77 bits per heavy atom. The van der Waals surface area contributed by atoms with Crippen LogP contribution >= 0.6 is 0 Å². The SMILES string of the molecule is COc1ccc(C(C)NC(=O)/C(C#N)=C\Nc2ccc(S(N)(=O)=O)cc2)cc1OC. The predicted octanol–water partition coefficient (Wildman–Crippen LogP) is 2.05. The third-order valence-electron chi connectivity index (χ3n) is 4.19. The number of nitrogens with one attached hydrogen (secondary N) is 2. The van der Waals surface area contributed by atoms with E-state index in [-0.39, 0.29) is 10.5 Å². The highest BCUT2D eigenvalue weighted by Crippen LogP contribution is 2.29. The van der Waals surface area contributed by atoms with Crippen molar-refractivity contribution in [3.8, 4) is 17.6 Å². The maximum Gasteiger partial charge on any atom is 0.263 e. The zero-order valence-electron chi connectivity index (χ0n) is 16.7. The van der Waals surface area contributed by atoms with Crippen molar-refractivity contribution in [3.63, 3.8) is 0 Å². The Morgan fingerprint density at radius 3 is 2.30 bits per heavy atom. The van der Waals surface area contributed by atoms with Gasteiger partial charge in [0.1, 0.15) is 11.6 Å². The molecular weight excluding hydrogens is 408 g/mol. The summed E-state index contributed by atoms with van der Waals surface area (Å²) in [6.45, 7) is 1.77. The van der Waals surface area contributed by atoms with E-state index in [2.05, 4.69) is 10.6 Å². The summed E-state index contributed by atoms with van der Waals surface area (Å²) in [6.07, 6.45) is 1.24. The Balaban J connectivity index is 2.09. The second-order valence-corrected chi connectivity index (χ2v) is 7.75. The number of primary sulfonamides is 1. The topological polar surface area (TPSA) is 144 Å². The number of nitrogens with zero attached hydrogens (tertiary/aromatic N) is 1. The van der Waals surface area contributed by atoms with Gasteiger partial charge in [0.05, 0.1) is 25.2 Å². The first kappa shape index (κ1) is 22.7. The molecule has 0 saturated heterocycles. The molecule has 2 aromatic rings. The number of ether oxygens (including phenoxy) is 2. The summed E-state index contributed by atoms with van der Waals surface area (Å²) in [5.74, 6) is 0.514. The number of sulfonamides is 1. The normalized spacial score (nSPS) is 12.4. The Kier molecular flexibility index (Phi) is 7.41. The maximum atomic E-state index is 12.4. The molecule has 0 aromatic heterocycles. The number of anilines is 1. The quantitative estimate of drug-likeness (QED) is 0.429. The van der Waals surface area contributed by atoms with Gasteiger partial charge in [-0.05, 0) is 48.9 Å².